The Labute approximate surface area is 181 Å². The molecule has 5 rings (SSSR count). The van der Waals surface area contributed by atoms with Crippen LogP contribution in [0.2, 0.25) is 0 Å². The van der Waals surface area contributed by atoms with Crippen LogP contribution >= 0.6 is 0 Å². The quantitative estimate of drug-likeness (QED) is 0.540. The van der Waals surface area contributed by atoms with Gasteiger partial charge in [-0.3, -0.25) is 4.90 Å². The maximum absolute atomic E-state index is 6.36. The number of likely N-dealkylation sites (N-methyl/N-ethyl adjacent to an activating group) is 1. The first-order chi connectivity index (χ1) is 15.1. The van der Waals surface area contributed by atoms with Gasteiger partial charge in [0.05, 0.1) is 5.69 Å². The molecule has 31 heavy (non-hydrogen) atoms. The molecule has 0 saturated heterocycles. The minimum atomic E-state index is -0.0550. The van der Waals surface area contributed by atoms with Crippen molar-refractivity contribution in [2.45, 2.75) is 19.6 Å². The van der Waals surface area contributed by atoms with E-state index in [4.69, 9.17) is 9.72 Å². The second kappa shape index (κ2) is 8.20. The number of benzene rings is 2. The van der Waals surface area contributed by atoms with Crippen LogP contribution in [0.5, 0.6) is 5.88 Å². The number of pyridine rings is 1. The fraction of sp³-hybridized carbons (Fsp3) is 0.208. The van der Waals surface area contributed by atoms with Gasteiger partial charge in [-0.25, -0.2) is 9.67 Å². The molecule has 4 aromatic rings. The molecular weight excluding hydrogens is 388 g/mol. The van der Waals surface area contributed by atoms with Gasteiger partial charge in [0.15, 0.2) is 0 Å². The number of ether oxygens (including phenoxy) is 1. The summed E-state index contributed by atoms with van der Waals surface area (Å²) in [5.41, 5.74) is 4.14. The minimum absolute atomic E-state index is 0.0550. The summed E-state index contributed by atoms with van der Waals surface area (Å²) in [5, 5.41) is 7.72. The van der Waals surface area contributed by atoms with Crippen LogP contribution in [0.15, 0.2) is 73.1 Å². The van der Waals surface area contributed by atoms with Gasteiger partial charge in [-0.2, -0.15) is 10.1 Å². The van der Waals surface area contributed by atoms with Crippen molar-refractivity contribution in [3.05, 3.63) is 90.0 Å². The van der Waals surface area contributed by atoms with E-state index in [1.807, 2.05) is 55.5 Å². The lowest BCUT2D eigenvalue weighted by Gasteiger charge is -2.20. The minimum Gasteiger partial charge on any atom is -0.468 e. The van der Waals surface area contributed by atoms with E-state index in [0.717, 1.165) is 47.2 Å². The second-order valence-corrected chi connectivity index (χ2v) is 7.78. The van der Waals surface area contributed by atoms with Crippen LogP contribution in [0.25, 0.3) is 5.69 Å². The third-order valence-electron chi connectivity index (χ3n) is 5.29. The van der Waals surface area contributed by atoms with Gasteiger partial charge in [0.25, 0.3) is 0 Å². The lowest BCUT2D eigenvalue weighted by atomic mass is 10.1. The first-order valence-electron chi connectivity index (χ1n) is 10.3. The zero-order valence-corrected chi connectivity index (χ0v) is 17.6. The van der Waals surface area contributed by atoms with Crippen LogP contribution in [0.3, 0.4) is 0 Å². The first kappa shape index (κ1) is 19.3. The predicted octanol–water partition coefficient (Wildman–Crippen LogP) is 4.28. The summed E-state index contributed by atoms with van der Waals surface area (Å²) < 4.78 is 8.12. The summed E-state index contributed by atoms with van der Waals surface area (Å²) in [6, 6.07) is 22.4. The molecule has 7 nitrogen and oxygen atoms in total. The molecule has 1 unspecified atom stereocenters. The van der Waals surface area contributed by atoms with E-state index in [1.54, 1.807) is 11.0 Å². The SMILES string of the molecule is Cc1ncn(-c2ccc(Nc3ccc4c(n3)OC(c3ccccc3)CN(C)C4)cc2)n1. The second-order valence-electron chi connectivity index (χ2n) is 7.78. The average Bonchev–Trinajstić information content (AvgIpc) is 3.14. The lowest BCUT2D eigenvalue weighted by Crippen LogP contribution is -2.24. The van der Waals surface area contributed by atoms with Crippen molar-refractivity contribution >= 4 is 11.5 Å². The summed E-state index contributed by atoms with van der Waals surface area (Å²) in [4.78, 5) is 11.2. The van der Waals surface area contributed by atoms with E-state index >= 15 is 0 Å². The molecule has 1 atom stereocenters. The van der Waals surface area contributed by atoms with Crippen LogP contribution in [0.4, 0.5) is 11.5 Å². The fourth-order valence-corrected chi connectivity index (χ4v) is 3.73. The molecule has 0 radical (unpaired) electrons. The van der Waals surface area contributed by atoms with E-state index < -0.39 is 0 Å². The molecule has 3 heterocycles. The van der Waals surface area contributed by atoms with E-state index in [9.17, 15) is 0 Å². The van der Waals surface area contributed by atoms with Crippen molar-refractivity contribution in [2.24, 2.45) is 0 Å². The molecule has 7 heteroatoms. The Bertz CT molecular complexity index is 1170. The molecule has 0 saturated carbocycles. The highest BCUT2D eigenvalue weighted by Gasteiger charge is 2.23. The van der Waals surface area contributed by atoms with Gasteiger partial charge < -0.3 is 10.1 Å². The average molecular weight is 412 g/mol. The highest BCUT2D eigenvalue weighted by molar-refractivity contribution is 5.59. The number of nitrogens with zero attached hydrogens (tertiary/aromatic N) is 5. The molecule has 2 aromatic heterocycles. The predicted molar refractivity (Wildman–Crippen MR) is 120 cm³/mol. The van der Waals surface area contributed by atoms with Crippen molar-refractivity contribution in [3.8, 4) is 11.6 Å². The molecule has 156 valence electrons. The van der Waals surface area contributed by atoms with E-state index in [-0.39, 0.29) is 6.10 Å². The molecule has 0 fully saturated rings. The number of anilines is 2. The van der Waals surface area contributed by atoms with Crippen LogP contribution in [0, 0.1) is 6.92 Å². The number of nitrogens with one attached hydrogen (secondary N) is 1. The Morgan fingerprint density at radius 1 is 1.00 bits per heavy atom. The largest absolute Gasteiger partial charge is 0.468 e. The standard InChI is InChI=1S/C24H24N6O/c1-17-25-16-30(28-17)21-11-9-20(10-12-21)26-23-13-8-19-14-29(2)15-22(31-24(19)27-23)18-6-4-3-5-7-18/h3-13,16,22H,14-15H2,1-2H3,(H,26,27). The summed E-state index contributed by atoms with van der Waals surface area (Å²) in [7, 11) is 2.11. The Morgan fingerprint density at radius 2 is 1.81 bits per heavy atom. The number of hydrogen-bond acceptors (Lipinski definition) is 6. The third-order valence-corrected chi connectivity index (χ3v) is 5.29. The Balaban J connectivity index is 1.36. The summed E-state index contributed by atoms with van der Waals surface area (Å²) >= 11 is 0. The number of fused-ring (bicyclic) bond motifs is 1. The summed E-state index contributed by atoms with van der Waals surface area (Å²) in [6.07, 6.45) is 1.66. The van der Waals surface area contributed by atoms with Gasteiger partial charge >= 0.3 is 0 Å². The van der Waals surface area contributed by atoms with Crippen molar-refractivity contribution in [3.63, 3.8) is 0 Å². The highest BCUT2D eigenvalue weighted by atomic mass is 16.5. The molecule has 2 aromatic carbocycles. The van der Waals surface area contributed by atoms with Gasteiger partial charge in [0.2, 0.25) is 5.88 Å². The van der Waals surface area contributed by atoms with Crippen molar-refractivity contribution < 1.29 is 4.74 Å². The monoisotopic (exact) mass is 412 g/mol. The molecule has 1 N–H and O–H groups in total. The molecule has 1 aliphatic heterocycles. The maximum Gasteiger partial charge on any atom is 0.220 e. The van der Waals surface area contributed by atoms with Gasteiger partial charge in [0, 0.05) is 24.3 Å². The summed E-state index contributed by atoms with van der Waals surface area (Å²) in [5.74, 6) is 2.17. The van der Waals surface area contributed by atoms with Gasteiger partial charge in [-0.05, 0) is 55.9 Å². The normalized spacial score (nSPS) is 16.3. The molecule has 0 aliphatic carbocycles. The molecule has 0 amide bonds. The zero-order valence-electron chi connectivity index (χ0n) is 17.6. The smallest absolute Gasteiger partial charge is 0.220 e. The van der Waals surface area contributed by atoms with Crippen molar-refractivity contribution in [2.75, 3.05) is 18.9 Å². The first-order valence-corrected chi connectivity index (χ1v) is 10.3. The Morgan fingerprint density at radius 3 is 2.55 bits per heavy atom. The van der Waals surface area contributed by atoms with Crippen LogP contribution in [-0.2, 0) is 6.54 Å². The molecular formula is C24H24N6O. The van der Waals surface area contributed by atoms with Crippen LogP contribution in [0.1, 0.15) is 23.1 Å². The van der Waals surface area contributed by atoms with Gasteiger partial charge in [-0.15, -0.1) is 0 Å². The molecule has 1 aliphatic rings. The maximum atomic E-state index is 6.36. The molecule has 0 spiro atoms. The summed E-state index contributed by atoms with van der Waals surface area (Å²) in [6.45, 7) is 3.49. The van der Waals surface area contributed by atoms with Gasteiger partial charge in [0.1, 0.15) is 24.1 Å². The highest BCUT2D eigenvalue weighted by Crippen LogP contribution is 2.31. The number of hydrogen-bond donors (Lipinski definition) is 1. The zero-order chi connectivity index (χ0) is 21.2. The van der Waals surface area contributed by atoms with Crippen molar-refractivity contribution in [1.29, 1.82) is 0 Å². The van der Waals surface area contributed by atoms with Crippen LogP contribution < -0.4 is 10.1 Å². The Kier molecular flexibility index (Phi) is 5.09. The Hall–Kier alpha value is -3.71. The van der Waals surface area contributed by atoms with Gasteiger partial charge in [-0.1, -0.05) is 30.3 Å². The van der Waals surface area contributed by atoms with Crippen molar-refractivity contribution in [1.82, 2.24) is 24.6 Å². The third kappa shape index (κ3) is 4.27. The topological polar surface area (TPSA) is 68.1 Å². The van der Waals surface area contributed by atoms with E-state index in [2.05, 4.69) is 45.5 Å². The fourth-order valence-electron chi connectivity index (χ4n) is 3.73. The molecule has 0 bridgehead atoms. The van der Waals surface area contributed by atoms with Crippen LogP contribution in [-0.4, -0.2) is 38.2 Å². The number of aromatic nitrogens is 4. The van der Waals surface area contributed by atoms with E-state index in [0.29, 0.717) is 5.88 Å². The number of aryl methyl sites for hydroxylation is 1. The van der Waals surface area contributed by atoms with E-state index in [1.165, 1.54) is 0 Å². The lowest BCUT2D eigenvalue weighted by molar-refractivity contribution is 0.160. The number of rotatable bonds is 4.